The van der Waals surface area contributed by atoms with Gasteiger partial charge in [0.1, 0.15) is 17.5 Å². The summed E-state index contributed by atoms with van der Waals surface area (Å²) in [5.41, 5.74) is 1.45. The summed E-state index contributed by atoms with van der Waals surface area (Å²) in [7, 11) is 0. The Kier molecular flexibility index (Phi) is 6.77. The van der Waals surface area contributed by atoms with Crippen LogP contribution in [0.2, 0.25) is 0 Å². The summed E-state index contributed by atoms with van der Waals surface area (Å²) < 4.78 is 28.4. The molecular weight excluding hydrogens is 380 g/mol. The van der Waals surface area contributed by atoms with Crippen LogP contribution in [-0.4, -0.2) is 14.8 Å². The van der Waals surface area contributed by atoms with Crippen molar-refractivity contribution in [2.45, 2.75) is 38.3 Å². The molecule has 2 aromatic carbocycles. The van der Waals surface area contributed by atoms with Crippen LogP contribution < -0.4 is 10.5 Å². The Morgan fingerprint density at radius 3 is 2.36 bits per heavy atom. The number of halogens is 2. The van der Waals surface area contributed by atoms with Gasteiger partial charge in [-0.05, 0) is 59.8 Å². The molecule has 0 spiro atoms. The van der Waals surface area contributed by atoms with Crippen molar-refractivity contribution in [3.63, 3.8) is 0 Å². The zero-order chi connectivity index (χ0) is 20.1. The van der Waals surface area contributed by atoms with Crippen molar-refractivity contribution in [1.82, 2.24) is 20.1 Å². The van der Waals surface area contributed by atoms with Crippen LogP contribution in [0.3, 0.4) is 0 Å². The summed E-state index contributed by atoms with van der Waals surface area (Å²) in [5, 5.41) is 13.3. The van der Waals surface area contributed by atoms with Gasteiger partial charge in [0.2, 0.25) is 0 Å². The molecule has 0 amide bonds. The van der Waals surface area contributed by atoms with E-state index < -0.39 is 11.6 Å². The third kappa shape index (κ3) is 5.37. The zero-order valence-electron chi connectivity index (χ0n) is 15.8. The molecule has 0 fully saturated rings. The number of nitrogens with one attached hydrogen (secondary N) is 1. The van der Waals surface area contributed by atoms with Crippen molar-refractivity contribution < 1.29 is 8.78 Å². The molecule has 1 aromatic heterocycles. The molecule has 0 radical (unpaired) electrons. The van der Waals surface area contributed by atoms with Crippen molar-refractivity contribution in [3.8, 4) is 5.69 Å². The molecule has 3 rings (SSSR count). The van der Waals surface area contributed by atoms with Crippen LogP contribution in [0, 0.1) is 17.6 Å². The molecule has 0 aliphatic carbocycles. The molecule has 5 nitrogen and oxygen atoms in total. The third-order valence-corrected chi connectivity index (χ3v) is 4.61. The van der Waals surface area contributed by atoms with Crippen LogP contribution in [0.5, 0.6) is 0 Å². The van der Waals surface area contributed by atoms with Gasteiger partial charge >= 0.3 is 0 Å². The molecule has 0 bridgehead atoms. The first-order valence-corrected chi connectivity index (χ1v) is 9.90. The molecular formula is C20H23F2N5S. The van der Waals surface area contributed by atoms with E-state index in [1.807, 2.05) is 28.9 Å². The van der Waals surface area contributed by atoms with Gasteiger partial charge in [0.05, 0.1) is 12.2 Å². The molecule has 1 heterocycles. The quantitative estimate of drug-likeness (QED) is 0.557. The number of hydrogen-bond donors (Lipinski definition) is 2. The lowest BCUT2D eigenvalue weighted by molar-refractivity contribution is 0.574. The van der Waals surface area contributed by atoms with Crippen molar-refractivity contribution in [2.75, 3.05) is 0 Å². The highest BCUT2D eigenvalue weighted by Crippen LogP contribution is 2.18. The van der Waals surface area contributed by atoms with Gasteiger partial charge < -0.3 is 5.32 Å². The first kappa shape index (κ1) is 20.4. The first-order valence-electron chi connectivity index (χ1n) is 9.02. The van der Waals surface area contributed by atoms with Gasteiger partial charge in [0, 0.05) is 23.9 Å². The van der Waals surface area contributed by atoms with Gasteiger partial charge in [0.25, 0.3) is 0 Å². The number of nitrogens with zero attached hydrogens (tertiary/aromatic N) is 3. The van der Waals surface area contributed by atoms with Gasteiger partial charge in [-0.25, -0.2) is 18.4 Å². The van der Waals surface area contributed by atoms with Gasteiger partial charge in [-0.3, -0.25) is 5.14 Å². The minimum absolute atomic E-state index is 0.325. The maximum Gasteiger partial charge on any atom is 0.165 e. The fraction of sp³-hybridized carbons (Fsp3) is 0.300. The Balaban J connectivity index is 1.74. The SMILES string of the molecule is CC(C)Cc1nc(CNCc2cc(F)cc(F)c2)nn1-c1ccc(SN)cc1. The van der Waals surface area contributed by atoms with E-state index in [0.717, 1.165) is 28.9 Å². The maximum atomic E-state index is 13.3. The van der Waals surface area contributed by atoms with Crippen LogP contribution >= 0.6 is 11.9 Å². The summed E-state index contributed by atoms with van der Waals surface area (Å²) >= 11 is 1.20. The summed E-state index contributed by atoms with van der Waals surface area (Å²) in [5.74, 6) is 0.759. The number of rotatable bonds is 8. The second-order valence-electron chi connectivity index (χ2n) is 6.95. The average molecular weight is 404 g/mol. The Labute approximate surface area is 167 Å². The van der Waals surface area contributed by atoms with E-state index in [4.69, 9.17) is 5.14 Å². The normalized spacial score (nSPS) is 11.4. The minimum Gasteiger partial charge on any atom is -0.306 e. The largest absolute Gasteiger partial charge is 0.306 e. The monoisotopic (exact) mass is 403 g/mol. The van der Waals surface area contributed by atoms with Crippen molar-refractivity contribution >= 4 is 11.9 Å². The fourth-order valence-electron chi connectivity index (χ4n) is 2.87. The van der Waals surface area contributed by atoms with Crippen molar-refractivity contribution in [1.29, 1.82) is 0 Å². The maximum absolute atomic E-state index is 13.3. The standard InChI is InChI=1S/C20H23F2N5S/c1-13(2)7-20-25-19(12-24-11-14-8-15(21)10-16(22)9-14)26-27(20)17-3-5-18(28-23)6-4-17/h3-6,8-10,13,24H,7,11-12,23H2,1-2H3. The number of aromatic nitrogens is 3. The lowest BCUT2D eigenvalue weighted by Crippen LogP contribution is -2.14. The predicted molar refractivity (Wildman–Crippen MR) is 107 cm³/mol. The van der Waals surface area contributed by atoms with E-state index in [-0.39, 0.29) is 0 Å². The van der Waals surface area contributed by atoms with Crippen LogP contribution in [0.1, 0.15) is 31.1 Å². The molecule has 3 N–H and O–H groups in total. The van der Waals surface area contributed by atoms with Crippen molar-refractivity contribution in [3.05, 3.63) is 71.3 Å². The molecule has 148 valence electrons. The molecule has 3 aromatic rings. The van der Waals surface area contributed by atoms with E-state index in [0.29, 0.717) is 30.4 Å². The van der Waals surface area contributed by atoms with E-state index in [1.165, 1.54) is 24.1 Å². The van der Waals surface area contributed by atoms with E-state index >= 15 is 0 Å². The fourth-order valence-corrected chi connectivity index (χ4v) is 3.16. The minimum atomic E-state index is -0.586. The van der Waals surface area contributed by atoms with E-state index in [9.17, 15) is 8.78 Å². The second-order valence-corrected chi connectivity index (χ2v) is 7.65. The lowest BCUT2D eigenvalue weighted by Gasteiger charge is -2.08. The van der Waals surface area contributed by atoms with Crippen molar-refractivity contribution in [2.24, 2.45) is 11.1 Å². The molecule has 0 saturated carbocycles. The van der Waals surface area contributed by atoms with Crippen LogP contribution in [0.25, 0.3) is 5.69 Å². The summed E-state index contributed by atoms with van der Waals surface area (Å²) in [4.78, 5) is 5.62. The molecule has 0 atom stereocenters. The van der Waals surface area contributed by atoms with Gasteiger partial charge in [-0.15, -0.1) is 5.10 Å². The van der Waals surface area contributed by atoms with Crippen LogP contribution in [-0.2, 0) is 19.5 Å². The Hall–Kier alpha value is -2.29. The third-order valence-electron chi connectivity index (χ3n) is 4.06. The number of hydrogen-bond acceptors (Lipinski definition) is 5. The predicted octanol–water partition coefficient (Wildman–Crippen LogP) is 4.00. The molecule has 0 aliphatic rings. The first-order chi connectivity index (χ1) is 13.4. The smallest absolute Gasteiger partial charge is 0.165 e. The van der Waals surface area contributed by atoms with Gasteiger partial charge in [0.15, 0.2) is 5.82 Å². The highest BCUT2D eigenvalue weighted by atomic mass is 32.2. The van der Waals surface area contributed by atoms with Gasteiger partial charge in [-0.2, -0.15) is 0 Å². The zero-order valence-corrected chi connectivity index (χ0v) is 16.6. The molecule has 8 heteroatoms. The molecule has 0 aliphatic heterocycles. The Bertz CT molecular complexity index is 905. The molecule has 0 unspecified atom stereocenters. The molecule has 0 saturated heterocycles. The van der Waals surface area contributed by atoms with Crippen LogP contribution in [0.15, 0.2) is 47.4 Å². The summed E-state index contributed by atoms with van der Waals surface area (Å²) in [6.07, 6.45) is 0.787. The van der Waals surface area contributed by atoms with E-state index in [1.54, 1.807) is 0 Å². The van der Waals surface area contributed by atoms with Gasteiger partial charge in [-0.1, -0.05) is 13.8 Å². The Morgan fingerprint density at radius 2 is 1.75 bits per heavy atom. The highest BCUT2D eigenvalue weighted by molar-refractivity contribution is 7.97. The second kappa shape index (κ2) is 9.27. The summed E-state index contributed by atoms with van der Waals surface area (Å²) in [6.45, 7) is 4.98. The number of nitrogens with two attached hydrogens (primary N) is 1. The molecule has 28 heavy (non-hydrogen) atoms. The number of benzene rings is 2. The Morgan fingerprint density at radius 1 is 1.07 bits per heavy atom. The van der Waals surface area contributed by atoms with Crippen LogP contribution in [0.4, 0.5) is 8.78 Å². The van der Waals surface area contributed by atoms with E-state index in [2.05, 4.69) is 29.2 Å². The topological polar surface area (TPSA) is 68.8 Å². The summed E-state index contributed by atoms with van der Waals surface area (Å²) in [6, 6.07) is 11.3. The lowest BCUT2D eigenvalue weighted by atomic mass is 10.1. The highest BCUT2D eigenvalue weighted by Gasteiger charge is 2.13. The average Bonchev–Trinajstić information content (AvgIpc) is 3.03.